The molecule has 2 aromatic carbocycles. The molecule has 0 spiro atoms. The second-order valence-electron chi connectivity index (χ2n) is 6.96. The molecule has 0 N–H and O–H groups in total. The summed E-state index contributed by atoms with van der Waals surface area (Å²) in [5.41, 5.74) is 2.42. The molecule has 5 nitrogen and oxygen atoms in total. The highest BCUT2D eigenvalue weighted by molar-refractivity contribution is 5.81. The first kappa shape index (κ1) is 20.5. The SMILES string of the molecule is CC1=C(CC(=O)OCc2ccccc2)C(c2ccc(F)c(F)c2)N(C)C(=O)N1C. The van der Waals surface area contributed by atoms with Crippen LogP contribution in [0.2, 0.25) is 0 Å². The van der Waals surface area contributed by atoms with Gasteiger partial charge >= 0.3 is 12.0 Å². The van der Waals surface area contributed by atoms with Crippen molar-refractivity contribution in [1.29, 1.82) is 0 Å². The van der Waals surface area contributed by atoms with Gasteiger partial charge in [-0.15, -0.1) is 0 Å². The van der Waals surface area contributed by atoms with Crippen molar-refractivity contribution in [2.24, 2.45) is 0 Å². The lowest BCUT2D eigenvalue weighted by Crippen LogP contribution is -2.46. The van der Waals surface area contributed by atoms with Gasteiger partial charge in [0, 0.05) is 19.8 Å². The van der Waals surface area contributed by atoms with E-state index in [-0.39, 0.29) is 19.1 Å². The molecule has 0 radical (unpaired) electrons. The fourth-order valence-electron chi connectivity index (χ4n) is 3.41. The fourth-order valence-corrected chi connectivity index (χ4v) is 3.41. The average molecular weight is 400 g/mol. The number of rotatable bonds is 5. The van der Waals surface area contributed by atoms with Gasteiger partial charge in [0.25, 0.3) is 0 Å². The molecule has 7 heteroatoms. The number of ether oxygens (including phenoxy) is 1. The van der Waals surface area contributed by atoms with Gasteiger partial charge in [-0.1, -0.05) is 36.4 Å². The molecule has 0 aliphatic carbocycles. The van der Waals surface area contributed by atoms with Gasteiger partial charge in [0.15, 0.2) is 11.6 Å². The monoisotopic (exact) mass is 400 g/mol. The minimum atomic E-state index is -1.01. The normalized spacial score (nSPS) is 17.0. The van der Waals surface area contributed by atoms with Crippen LogP contribution in [0, 0.1) is 11.6 Å². The Hall–Kier alpha value is -3.22. The largest absolute Gasteiger partial charge is 0.461 e. The number of hydrogen-bond donors (Lipinski definition) is 0. The van der Waals surface area contributed by atoms with Gasteiger partial charge in [0.1, 0.15) is 6.61 Å². The lowest BCUT2D eigenvalue weighted by atomic mass is 9.91. The van der Waals surface area contributed by atoms with Crippen molar-refractivity contribution >= 4 is 12.0 Å². The Morgan fingerprint density at radius 1 is 1.07 bits per heavy atom. The lowest BCUT2D eigenvalue weighted by molar-refractivity contribution is -0.144. The van der Waals surface area contributed by atoms with E-state index in [1.165, 1.54) is 15.9 Å². The number of halogens is 2. The second-order valence-corrected chi connectivity index (χ2v) is 6.96. The van der Waals surface area contributed by atoms with Gasteiger partial charge in [-0.05, 0) is 35.8 Å². The molecule has 1 aliphatic heterocycles. The number of carbonyl (C=O) groups is 2. The summed E-state index contributed by atoms with van der Waals surface area (Å²) in [6, 6.07) is 11.8. The number of allylic oxidation sites excluding steroid dienone is 1. The third-order valence-electron chi connectivity index (χ3n) is 5.11. The average Bonchev–Trinajstić information content (AvgIpc) is 2.72. The standard InChI is InChI=1S/C22H22F2N2O3/c1-14-17(12-20(27)29-13-15-7-5-4-6-8-15)21(26(3)22(28)25(14)2)16-9-10-18(23)19(24)11-16/h4-11,21H,12-13H2,1-3H3. The highest BCUT2D eigenvalue weighted by atomic mass is 19.2. The van der Waals surface area contributed by atoms with Gasteiger partial charge in [-0.2, -0.15) is 0 Å². The van der Waals surface area contributed by atoms with E-state index in [0.29, 0.717) is 16.8 Å². The molecular formula is C22H22F2N2O3. The molecule has 0 saturated heterocycles. The first-order valence-electron chi connectivity index (χ1n) is 9.14. The Kier molecular flexibility index (Phi) is 5.96. The summed E-state index contributed by atoms with van der Waals surface area (Å²) >= 11 is 0. The number of esters is 1. The van der Waals surface area contributed by atoms with Crippen LogP contribution >= 0.6 is 0 Å². The summed E-state index contributed by atoms with van der Waals surface area (Å²) in [4.78, 5) is 27.9. The molecular weight excluding hydrogens is 378 g/mol. The molecule has 0 fully saturated rings. The van der Waals surface area contributed by atoms with E-state index in [1.807, 2.05) is 30.3 Å². The van der Waals surface area contributed by atoms with E-state index in [4.69, 9.17) is 4.74 Å². The number of hydrogen-bond acceptors (Lipinski definition) is 3. The van der Waals surface area contributed by atoms with Gasteiger partial charge < -0.3 is 14.5 Å². The first-order valence-corrected chi connectivity index (χ1v) is 9.14. The van der Waals surface area contributed by atoms with Crippen molar-refractivity contribution in [1.82, 2.24) is 9.80 Å². The van der Waals surface area contributed by atoms with Crippen molar-refractivity contribution in [3.05, 3.63) is 82.6 Å². The van der Waals surface area contributed by atoms with Gasteiger partial charge in [0.05, 0.1) is 12.5 Å². The number of amides is 2. The maximum absolute atomic E-state index is 13.8. The lowest BCUT2D eigenvalue weighted by Gasteiger charge is -2.40. The number of nitrogens with zero attached hydrogens (tertiary/aromatic N) is 2. The van der Waals surface area contributed by atoms with E-state index in [1.54, 1.807) is 21.0 Å². The van der Waals surface area contributed by atoms with Crippen LogP contribution in [0.15, 0.2) is 59.8 Å². The van der Waals surface area contributed by atoms with E-state index in [9.17, 15) is 18.4 Å². The Morgan fingerprint density at radius 3 is 2.41 bits per heavy atom. The van der Waals surface area contributed by atoms with Crippen molar-refractivity contribution in [3.8, 4) is 0 Å². The molecule has 3 rings (SSSR count). The molecule has 0 aromatic heterocycles. The number of likely N-dealkylation sites (N-methyl/N-ethyl adjacent to an activating group) is 1. The summed E-state index contributed by atoms with van der Waals surface area (Å²) in [5, 5.41) is 0. The summed E-state index contributed by atoms with van der Waals surface area (Å²) < 4.78 is 32.6. The van der Waals surface area contributed by atoms with Crippen LogP contribution in [0.3, 0.4) is 0 Å². The van der Waals surface area contributed by atoms with Crippen molar-refractivity contribution in [2.75, 3.05) is 14.1 Å². The number of carbonyl (C=O) groups excluding carboxylic acids is 2. The summed E-state index contributed by atoms with van der Waals surface area (Å²) in [7, 11) is 3.16. The van der Waals surface area contributed by atoms with E-state index in [2.05, 4.69) is 0 Å². The van der Waals surface area contributed by atoms with Gasteiger partial charge in [-0.25, -0.2) is 13.6 Å². The summed E-state index contributed by atoms with van der Waals surface area (Å²) in [5.74, 6) is -2.45. The van der Waals surface area contributed by atoms with Crippen LogP contribution in [0.1, 0.15) is 30.5 Å². The van der Waals surface area contributed by atoms with E-state index < -0.39 is 23.6 Å². The third kappa shape index (κ3) is 4.29. The van der Waals surface area contributed by atoms with Gasteiger partial charge in [-0.3, -0.25) is 4.79 Å². The maximum Gasteiger partial charge on any atom is 0.324 e. The molecule has 2 amide bonds. The first-order chi connectivity index (χ1) is 13.8. The summed E-state index contributed by atoms with van der Waals surface area (Å²) in [6.45, 7) is 1.85. The van der Waals surface area contributed by atoms with Crippen molar-refractivity contribution < 1.29 is 23.1 Å². The Balaban J connectivity index is 1.88. The number of urea groups is 1. The second kappa shape index (κ2) is 8.43. The van der Waals surface area contributed by atoms with Crippen LogP contribution in [0.4, 0.5) is 13.6 Å². The maximum atomic E-state index is 13.8. The topological polar surface area (TPSA) is 49.9 Å². The fraction of sp³-hybridized carbons (Fsp3) is 0.273. The van der Waals surface area contributed by atoms with Crippen LogP contribution in [0.25, 0.3) is 0 Å². The molecule has 1 aliphatic rings. The molecule has 0 bridgehead atoms. The molecule has 2 aromatic rings. The highest BCUT2D eigenvalue weighted by Crippen LogP contribution is 2.37. The molecule has 1 atom stereocenters. The third-order valence-corrected chi connectivity index (χ3v) is 5.11. The van der Waals surface area contributed by atoms with Crippen LogP contribution in [-0.4, -0.2) is 35.9 Å². The van der Waals surface area contributed by atoms with Crippen LogP contribution < -0.4 is 0 Å². The molecule has 152 valence electrons. The predicted octanol–water partition coefficient (Wildman–Crippen LogP) is 4.41. The van der Waals surface area contributed by atoms with Gasteiger partial charge in [0.2, 0.25) is 0 Å². The molecule has 29 heavy (non-hydrogen) atoms. The molecule has 0 saturated carbocycles. The predicted molar refractivity (Wildman–Crippen MR) is 104 cm³/mol. The summed E-state index contributed by atoms with van der Waals surface area (Å²) in [6.07, 6.45) is -0.0791. The zero-order valence-corrected chi connectivity index (χ0v) is 16.5. The van der Waals surface area contributed by atoms with Crippen LogP contribution in [0.5, 0.6) is 0 Å². The van der Waals surface area contributed by atoms with Crippen molar-refractivity contribution in [2.45, 2.75) is 26.0 Å². The van der Waals surface area contributed by atoms with Crippen molar-refractivity contribution in [3.63, 3.8) is 0 Å². The van der Waals surface area contributed by atoms with Crippen LogP contribution in [-0.2, 0) is 16.1 Å². The Morgan fingerprint density at radius 2 is 1.76 bits per heavy atom. The minimum absolute atomic E-state index is 0.0791. The molecule has 1 heterocycles. The Labute approximate surface area is 168 Å². The Bertz CT molecular complexity index is 960. The zero-order valence-electron chi connectivity index (χ0n) is 16.5. The minimum Gasteiger partial charge on any atom is -0.461 e. The number of benzene rings is 2. The van der Waals surface area contributed by atoms with E-state index in [0.717, 1.165) is 17.7 Å². The smallest absolute Gasteiger partial charge is 0.324 e. The molecule has 1 unspecified atom stereocenters. The van der Waals surface area contributed by atoms with E-state index >= 15 is 0 Å². The quantitative estimate of drug-likeness (QED) is 0.699. The highest BCUT2D eigenvalue weighted by Gasteiger charge is 2.36. The zero-order chi connectivity index (χ0) is 21.1.